The third-order valence-corrected chi connectivity index (χ3v) is 4.48. The molecule has 0 bridgehead atoms. The quantitative estimate of drug-likeness (QED) is 0.690. The molecule has 0 aromatic carbocycles. The number of aliphatic carboxylic acids is 1. The van der Waals surface area contributed by atoms with E-state index in [9.17, 15) is 27.1 Å². The van der Waals surface area contributed by atoms with Crippen molar-refractivity contribution < 1.29 is 31.8 Å². The predicted octanol–water partition coefficient (Wildman–Crippen LogP) is 0.563. The smallest absolute Gasteiger partial charge is 0.327 e. The molecular weight excluding hydrogens is 362 g/mol. The van der Waals surface area contributed by atoms with Gasteiger partial charge in [-0.05, 0) is 18.2 Å². The van der Waals surface area contributed by atoms with Gasteiger partial charge in [0.05, 0.1) is 5.69 Å². The summed E-state index contributed by atoms with van der Waals surface area (Å²) in [5.74, 6) is -2.02. The van der Waals surface area contributed by atoms with E-state index in [1.807, 2.05) is 4.72 Å². The minimum Gasteiger partial charge on any atom is -0.480 e. The second kappa shape index (κ2) is 7.53. The molecule has 0 aliphatic rings. The molecular formula is C13H14F2N4O5S. The van der Waals surface area contributed by atoms with Crippen LogP contribution >= 0.6 is 0 Å². The monoisotopic (exact) mass is 376 g/mol. The molecule has 1 atom stereocenters. The van der Waals surface area contributed by atoms with Gasteiger partial charge in [0.15, 0.2) is 12.6 Å². The number of alkyl halides is 2. The van der Waals surface area contributed by atoms with Gasteiger partial charge < -0.3 is 9.84 Å². The van der Waals surface area contributed by atoms with Gasteiger partial charge in [0, 0.05) is 19.4 Å². The van der Waals surface area contributed by atoms with E-state index >= 15 is 0 Å². The van der Waals surface area contributed by atoms with Gasteiger partial charge in [0.1, 0.15) is 4.90 Å². The van der Waals surface area contributed by atoms with Gasteiger partial charge in [-0.15, -0.1) is 0 Å². The molecule has 136 valence electrons. The van der Waals surface area contributed by atoms with Crippen molar-refractivity contribution in [1.29, 1.82) is 0 Å². The van der Waals surface area contributed by atoms with Crippen LogP contribution in [0.25, 0.3) is 0 Å². The molecule has 0 fully saturated rings. The molecule has 12 heteroatoms. The van der Waals surface area contributed by atoms with Crippen molar-refractivity contribution >= 4 is 16.0 Å². The summed E-state index contributed by atoms with van der Waals surface area (Å²) in [4.78, 5) is 14.5. The first kappa shape index (κ1) is 18.7. The predicted molar refractivity (Wildman–Crippen MR) is 79.6 cm³/mol. The van der Waals surface area contributed by atoms with E-state index in [2.05, 4.69) is 10.1 Å². The standard InChI is InChI=1S/C13H14F2N4O5S/c1-19-8(4-6-17-19)11(13(20)21)18-25(22,23)9-3-2-5-16-12(9)24-7-10(14)15/h2-6,10-11,18H,7H2,1H3,(H,20,21). The van der Waals surface area contributed by atoms with E-state index in [4.69, 9.17) is 4.74 Å². The average molecular weight is 376 g/mol. The summed E-state index contributed by atoms with van der Waals surface area (Å²) in [5, 5.41) is 13.1. The number of halogens is 2. The van der Waals surface area contributed by atoms with Crippen molar-refractivity contribution in [2.24, 2.45) is 7.05 Å². The maximum absolute atomic E-state index is 12.5. The summed E-state index contributed by atoms with van der Waals surface area (Å²) in [7, 11) is -2.98. The Bertz CT molecular complexity index is 856. The first-order valence-electron chi connectivity index (χ1n) is 6.81. The van der Waals surface area contributed by atoms with E-state index < -0.39 is 45.8 Å². The summed E-state index contributed by atoms with van der Waals surface area (Å²) in [5.41, 5.74) is 0.0787. The molecule has 2 rings (SSSR count). The maximum Gasteiger partial charge on any atom is 0.327 e. The normalized spacial score (nSPS) is 13.0. The summed E-state index contributed by atoms with van der Waals surface area (Å²) < 4.78 is 57.5. The fourth-order valence-corrected chi connectivity index (χ4v) is 3.21. The Labute approximate surface area is 141 Å². The van der Waals surface area contributed by atoms with Crippen LogP contribution in [0.4, 0.5) is 8.78 Å². The fourth-order valence-electron chi connectivity index (χ4n) is 1.95. The molecule has 0 amide bonds. The van der Waals surface area contributed by atoms with Gasteiger partial charge in [-0.3, -0.25) is 9.48 Å². The zero-order chi connectivity index (χ0) is 18.6. The number of carbonyl (C=O) groups is 1. The molecule has 2 N–H and O–H groups in total. The topological polar surface area (TPSA) is 123 Å². The molecule has 0 radical (unpaired) electrons. The molecule has 0 aliphatic carbocycles. The number of sulfonamides is 1. The van der Waals surface area contributed by atoms with Crippen LogP contribution in [-0.2, 0) is 21.9 Å². The highest BCUT2D eigenvalue weighted by Gasteiger charge is 2.31. The Morgan fingerprint density at radius 3 is 2.68 bits per heavy atom. The molecule has 9 nitrogen and oxygen atoms in total. The number of pyridine rings is 1. The largest absolute Gasteiger partial charge is 0.480 e. The SMILES string of the molecule is Cn1nccc1C(NS(=O)(=O)c1cccnc1OCC(F)F)C(=O)O. The number of hydrogen-bond donors (Lipinski definition) is 2. The Kier molecular flexibility index (Phi) is 5.64. The molecule has 0 saturated carbocycles. The summed E-state index contributed by atoms with van der Waals surface area (Å²) >= 11 is 0. The van der Waals surface area contributed by atoms with Gasteiger partial charge in [-0.2, -0.15) is 9.82 Å². The van der Waals surface area contributed by atoms with E-state index in [-0.39, 0.29) is 5.69 Å². The van der Waals surface area contributed by atoms with Crippen molar-refractivity contribution in [3.05, 3.63) is 36.3 Å². The third kappa shape index (κ3) is 4.48. The lowest BCUT2D eigenvalue weighted by molar-refractivity contribution is -0.139. The highest BCUT2D eigenvalue weighted by molar-refractivity contribution is 7.89. The number of aromatic nitrogens is 3. The van der Waals surface area contributed by atoms with E-state index in [0.29, 0.717) is 0 Å². The Morgan fingerprint density at radius 1 is 1.40 bits per heavy atom. The Hall–Kier alpha value is -2.60. The maximum atomic E-state index is 12.5. The molecule has 0 spiro atoms. The number of rotatable bonds is 8. The number of carboxylic acids is 1. The van der Waals surface area contributed by atoms with Gasteiger partial charge in [0.25, 0.3) is 6.43 Å². The number of hydrogen-bond acceptors (Lipinski definition) is 6. The first-order chi connectivity index (χ1) is 11.7. The minimum absolute atomic E-state index is 0.0787. The van der Waals surface area contributed by atoms with E-state index in [0.717, 1.165) is 12.3 Å². The number of carboxylic acid groups (broad SMARTS) is 1. The lowest BCUT2D eigenvalue weighted by Crippen LogP contribution is -2.35. The molecule has 2 aromatic heterocycles. The number of ether oxygens (including phenoxy) is 1. The highest BCUT2D eigenvalue weighted by atomic mass is 32.2. The van der Waals surface area contributed by atoms with Gasteiger partial charge in [0.2, 0.25) is 15.9 Å². The van der Waals surface area contributed by atoms with Crippen LogP contribution in [0, 0.1) is 0 Å². The summed E-state index contributed by atoms with van der Waals surface area (Å²) in [6.07, 6.45) is -0.358. The van der Waals surface area contributed by atoms with E-state index in [1.165, 1.54) is 30.1 Å². The summed E-state index contributed by atoms with van der Waals surface area (Å²) in [6, 6.07) is 2.02. The van der Waals surface area contributed by atoms with Crippen LogP contribution in [0.3, 0.4) is 0 Å². The molecule has 0 saturated heterocycles. The van der Waals surface area contributed by atoms with Crippen LogP contribution in [0.5, 0.6) is 5.88 Å². The van der Waals surface area contributed by atoms with Crippen LogP contribution in [0.15, 0.2) is 35.5 Å². The second-order valence-corrected chi connectivity index (χ2v) is 6.46. The number of nitrogens with zero attached hydrogens (tertiary/aromatic N) is 3. The summed E-state index contributed by atoms with van der Waals surface area (Å²) in [6.45, 7) is -1.05. The lowest BCUT2D eigenvalue weighted by Gasteiger charge is -2.16. The van der Waals surface area contributed by atoms with Gasteiger partial charge in [-0.25, -0.2) is 22.2 Å². The third-order valence-electron chi connectivity index (χ3n) is 3.05. The lowest BCUT2D eigenvalue weighted by atomic mass is 10.2. The number of aryl methyl sites for hydroxylation is 1. The Morgan fingerprint density at radius 2 is 2.12 bits per heavy atom. The average Bonchev–Trinajstić information content (AvgIpc) is 2.96. The molecule has 0 aliphatic heterocycles. The molecule has 2 heterocycles. The van der Waals surface area contributed by atoms with Crippen LogP contribution in [0.2, 0.25) is 0 Å². The van der Waals surface area contributed by atoms with Crippen LogP contribution in [-0.4, -0.2) is 47.3 Å². The van der Waals surface area contributed by atoms with Crippen LogP contribution in [0.1, 0.15) is 11.7 Å². The van der Waals surface area contributed by atoms with Crippen molar-refractivity contribution in [2.45, 2.75) is 17.4 Å². The zero-order valence-electron chi connectivity index (χ0n) is 12.8. The molecule has 25 heavy (non-hydrogen) atoms. The van der Waals surface area contributed by atoms with E-state index in [1.54, 1.807) is 0 Å². The molecule has 2 aromatic rings. The van der Waals surface area contributed by atoms with Crippen LogP contribution < -0.4 is 9.46 Å². The second-order valence-electron chi connectivity index (χ2n) is 4.78. The van der Waals surface area contributed by atoms with Crippen molar-refractivity contribution in [3.63, 3.8) is 0 Å². The minimum atomic E-state index is -4.43. The zero-order valence-corrected chi connectivity index (χ0v) is 13.7. The first-order valence-corrected chi connectivity index (χ1v) is 8.29. The van der Waals surface area contributed by atoms with Gasteiger partial charge >= 0.3 is 5.97 Å². The molecule has 1 unspecified atom stereocenters. The van der Waals surface area contributed by atoms with Crippen molar-refractivity contribution in [2.75, 3.05) is 6.61 Å². The van der Waals surface area contributed by atoms with Crippen molar-refractivity contribution in [1.82, 2.24) is 19.5 Å². The van der Waals surface area contributed by atoms with Gasteiger partial charge in [-0.1, -0.05) is 0 Å². The number of nitrogens with one attached hydrogen (secondary N) is 1. The van der Waals surface area contributed by atoms with Crippen molar-refractivity contribution in [3.8, 4) is 5.88 Å². The fraction of sp³-hybridized carbons (Fsp3) is 0.308. The Balaban J connectivity index is 2.35. The highest BCUT2D eigenvalue weighted by Crippen LogP contribution is 2.23.